The Kier molecular flexibility index (Phi) is 4.32. The molecule has 9 heteroatoms. The minimum atomic E-state index is -4.65. The third-order valence-corrected chi connectivity index (χ3v) is 4.47. The lowest BCUT2D eigenvalue weighted by Gasteiger charge is -2.35. The van der Waals surface area contributed by atoms with Crippen LogP contribution in [0.1, 0.15) is 36.8 Å². The molecule has 0 radical (unpaired) electrons. The number of benzene rings is 1. The number of alkyl halides is 3. The molecule has 1 aromatic carbocycles. The number of ether oxygens (including phenoxy) is 2. The average Bonchev–Trinajstić information content (AvgIpc) is 2.90. The fourth-order valence-electron chi connectivity index (χ4n) is 2.65. The van der Waals surface area contributed by atoms with E-state index in [-0.39, 0.29) is 29.2 Å². The monoisotopic (exact) mass is 375 g/mol. The first kappa shape index (κ1) is 17.8. The summed E-state index contributed by atoms with van der Waals surface area (Å²) >= 11 is 0.276. The predicted molar refractivity (Wildman–Crippen MR) is 81.1 cm³/mol. The van der Waals surface area contributed by atoms with Crippen molar-refractivity contribution in [1.82, 2.24) is 4.37 Å². The molecule has 0 saturated carbocycles. The Balaban J connectivity index is 2.13. The smallest absolute Gasteiger partial charge is 0.427 e. The second-order valence-corrected chi connectivity index (χ2v) is 6.74. The highest BCUT2D eigenvalue weighted by Gasteiger charge is 2.44. The quantitative estimate of drug-likeness (QED) is 0.564. The Morgan fingerprint density at radius 1 is 1.24 bits per heavy atom. The van der Waals surface area contributed by atoms with Crippen LogP contribution in [0.2, 0.25) is 0 Å². The number of hydrogen-bond acceptors (Lipinski definition) is 5. The molecule has 4 nitrogen and oxygen atoms in total. The van der Waals surface area contributed by atoms with Crippen molar-refractivity contribution < 1.29 is 31.8 Å². The van der Waals surface area contributed by atoms with Crippen LogP contribution >= 0.6 is 11.5 Å². The lowest BCUT2D eigenvalue weighted by molar-refractivity contribution is -0.260. The maximum Gasteiger partial charge on any atom is 0.427 e. The van der Waals surface area contributed by atoms with Gasteiger partial charge in [0.1, 0.15) is 16.8 Å². The zero-order valence-corrected chi connectivity index (χ0v) is 14.0. The molecule has 2 heterocycles. The van der Waals surface area contributed by atoms with Crippen molar-refractivity contribution in [2.75, 3.05) is 0 Å². The van der Waals surface area contributed by atoms with Gasteiger partial charge in [-0.2, -0.15) is 17.5 Å². The number of esters is 1. The minimum absolute atomic E-state index is 0.0211. The van der Waals surface area contributed by atoms with Crippen LogP contribution in [0.15, 0.2) is 24.3 Å². The number of nitrogens with zero attached hydrogens (tertiary/aromatic N) is 1. The van der Waals surface area contributed by atoms with E-state index in [0.29, 0.717) is 5.56 Å². The summed E-state index contributed by atoms with van der Waals surface area (Å²) in [5, 5.41) is 0. The van der Waals surface area contributed by atoms with E-state index in [9.17, 15) is 22.4 Å². The molecule has 1 atom stereocenters. The maximum absolute atomic E-state index is 13.4. The first-order chi connectivity index (χ1) is 11.6. The van der Waals surface area contributed by atoms with Crippen molar-refractivity contribution in [1.29, 1.82) is 0 Å². The zero-order chi connectivity index (χ0) is 18.4. The normalized spacial score (nSPS) is 20.4. The first-order valence-electron chi connectivity index (χ1n) is 7.29. The summed E-state index contributed by atoms with van der Waals surface area (Å²) in [5.74, 6) is -2.54. The van der Waals surface area contributed by atoms with E-state index in [1.807, 2.05) is 0 Å². The molecule has 1 aromatic heterocycles. The fraction of sp³-hybridized carbons (Fsp3) is 0.375. The molecule has 0 spiro atoms. The van der Waals surface area contributed by atoms with Crippen LogP contribution in [0.5, 0.6) is 0 Å². The number of carbonyl (C=O) groups excluding carboxylic acids is 1. The van der Waals surface area contributed by atoms with Gasteiger partial charge < -0.3 is 9.47 Å². The van der Waals surface area contributed by atoms with E-state index >= 15 is 0 Å². The molecular formula is C16H13F4NO3S. The molecule has 1 fully saturated rings. The summed E-state index contributed by atoms with van der Waals surface area (Å²) in [7, 11) is 0. The number of rotatable bonds is 2. The fourth-order valence-corrected chi connectivity index (χ4v) is 3.47. The van der Waals surface area contributed by atoms with Crippen LogP contribution in [-0.2, 0) is 20.4 Å². The summed E-state index contributed by atoms with van der Waals surface area (Å²) in [4.78, 5) is 10.8. The molecule has 0 amide bonds. The van der Waals surface area contributed by atoms with Gasteiger partial charge in [-0.15, -0.1) is 0 Å². The molecule has 1 unspecified atom stereocenters. The molecular weight excluding hydrogens is 362 g/mol. The van der Waals surface area contributed by atoms with E-state index in [1.165, 1.54) is 26.0 Å². The van der Waals surface area contributed by atoms with E-state index in [0.717, 1.165) is 12.1 Å². The van der Waals surface area contributed by atoms with E-state index in [1.54, 1.807) is 0 Å². The van der Waals surface area contributed by atoms with Gasteiger partial charge in [0.25, 0.3) is 0 Å². The van der Waals surface area contributed by atoms with Crippen molar-refractivity contribution in [2.24, 2.45) is 0 Å². The minimum Gasteiger partial charge on any atom is -0.434 e. The summed E-state index contributed by atoms with van der Waals surface area (Å²) in [6.45, 7) is 2.89. The van der Waals surface area contributed by atoms with Crippen LogP contribution < -0.4 is 0 Å². The number of aromatic nitrogens is 1. The second-order valence-electron chi connectivity index (χ2n) is 5.96. The van der Waals surface area contributed by atoms with E-state index in [4.69, 9.17) is 9.47 Å². The third kappa shape index (κ3) is 3.67. The van der Waals surface area contributed by atoms with Gasteiger partial charge in [-0.05, 0) is 35.8 Å². The lowest BCUT2D eigenvalue weighted by atomic mass is 9.98. The Morgan fingerprint density at radius 2 is 1.88 bits per heavy atom. The predicted octanol–water partition coefficient (Wildman–Crippen LogP) is 4.71. The van der Waals surface area contributed by atoms with Crippen molar-refractivity contribution in [2.45, 2.75) is 38.3 Å². The Labute approximate surface area is 144 Å². The Bertz CT molecular complexity index is 799. The molecule has 25 heavy (non-hydrogen) atoms. The summed E-state index contributed by atoms with van der Waals surface area (Å²) in [6.07, 6.45) is -6.18. The molecule has 134 valence electrons. The lowest BCUT2D eigenvalue weighted by Crippen LogP contribution is -2.39. The molecule has 3 rings (SSSR count). The SMILES string of the molecule is CC1(C)OC(=O)CC(c2c(-c3ccc(F)cc3)nsc2C(F)(F)F)O1. The van der Waals surface area contributed by atoms with Crippen molar-refractivity contribution in [3.05, 3.63) is 40.5 Å². The maximum atomic E-state index is 13.4. The number of halogens is 4. The van der Waals surface area contributed by atoms with Gasteiger partial charge in [0, 0.05) is 25.0 Å². The number of cyclic esters (lactones) is 1. The largest absolute Gasteiger partial charge is 0.434 e. The average molecular weight is 375 g/mol. The highest BCUT2D eigenvalue weighted by Crippen LogP contribution is 2.46. The van der Waals surface area contributed by atoms with Crippen LogP contribution in [0.3, 0.4) is 0 Å². The summed E-state index contributed by atoms with van der Waals surface area (Å²) in [5.41, 5.74) is 0.102. The van der Waals surface area contributed by atoms with Gasteiger partial charge in [-0.25, -0.2) is 4.39 Å². The second kappa shape index (κ2) is 6.06. The first-order valence-corrected chi connectivity index (χ1v) is 8.06. The third-order valence-electron chi connectivity index (χ3n) is 3.56. The van der Waals surface area contributed by atoms with Gasteiger partial charge in [0.05, 0.1) is 12.1 Å². The zero-order valence-electron chi connectivity index (χ0n) is 13.2. The number of hydrogen-bond donors (Lipinski definition) is 0. The van der Waals surface area contributed by atoms with Gasteiger partial charge in [-0.1, -0.05) is 0 Å². The van der Waals surface area contributed by atoms with E-state index in [2.05, 4.69) is 4.37 Å². The highest BCUT2D eigenvalue weighted by molar-refractivity contribution is 7.06. The summed E-state index contributed by atoms with van der Waals surface area (Å²) in [6, 6.07) is 4.93. The standard InChI is InChI=1S/C16H13F4NO3S/c1-15(2)23-10(7-11(22)24-15)12-13(8-3-5-9(17)6-4-8)21-25-14(12)16(18,19)20/h3-6,10H,7H2,1-2H3. The van der Waals surface area contributed by atoms with Crippen LogP contribution in [0, 0.1) is 5.82 Å². The molecule has 1 saturated heterocycles. The molecule has 0 aliphatic carbocycles. The van der Waals surface area contributed by atoms with Gasteiger partial charge in [-0.3, -0.25) is 4.79 Å². The Hall–Kier alpha value is -2.00. The van der Waals surface area contributed by atoms with Crippen LogP contribution in [0.4, 0.5) is 17.6 Å². The van der Waals surface area contributed by atoms with Gasteiger partial charge in [0.15, 0.2) is 0 Å². The molecule has 0 bridgehead atoms. The topological polar surface area (TPSA) is 48.4 Å². The van der Waals surface area contributed by atoms with Crippen molar-refractivity contribution >= 4 is 17.5 Å². The van der Waals surface area contributed by atoms with Gasteiger partial charge in [0.2, 0.25) is 5.79 Å². The van der Waals surface area contributed by atoms with E-state index < -0.39 is 34.7 Å². The summed E-state index contributed by atoms with van der Waals surface area (Å²) < 4.78 is 67.8. The highest BCUT2D eigenvalue weighted by atomic mass is 32.1. The Morgan fingerprint density at radius 3 is 2.44 bits per heavy atom. The molecule has 1 aliphatic heterocycles. The van der Waals surface area contributed by atoms with Crippen molar-refractivity contribution in [3.63, 3.8) is 0 Å². The van der Waals surface area contributed by atoms with Crippen molar-refractivity contribution in [3.8, 4) is 11.3 Å². The molecule has 1 aliphatic rings. The van der Waals surface area contributed by atoms with Crippen LogP contribution in [-0.4, -0.2) is 16.1 Å². The number of carbonyl (C=O) groups is 1. The molecule has 0 N–H and O–H groups in total. The van der Waals surface area contributed by atoms with Gasteiger partial charge >= 0.3 is 12.1 Å². The van der Waals surface area contributed by atoms with Crippen LogP contribution in [0.25, 0.3) is 11.3 Å². The molecule has 2 aromatic rings.